The van der Waals surface area contributed by atoms with Crippen LogP contribution in [0.2, 0.25) is 0 Å². The van der Waals surface area contributed by atoms with Gasteiger partial charge in [0.25, 0.3) is 0 Å². The molecule has 0 N–H and O–H groups in total. The molecule has 1 aromatic rings. The summed E-state index contributed by atoms with van der Waals surface area (Å²) in [6.45, 7) is 0. The molecule has 16 heavy (non-hydrogen) atoms. The van der Waals surface area contributed by atoms with E-state index in [1.807, 2.05) is 6.07 Å². The SMILES string of the molecule is CN(c1ccc(C#N)cc1)S(=O)(=O)CCCl. The molecule has 0 unspecified atom stereocenters. The highest BCUT2D eigenvalue weighted by molar-refractivity contribution is 7.92. The summed E-state index contributed by atoms with van der Waals surface area (Å²) in [5, 5.41) is 8.61. The van der Waals surface area contributed by atoms with E-state index in [4.69, 9.17) is 16.9 Å². The van der Waals surface area contributed by atoms with Crippen LogP contribution in [0.5, 0.6) is 0 Å². The number of rotatable bonds is 4. The van der Waals surface area contributed by atoms with Crippen LogP contribution in [-0.2, 0) is 10.0 Å². The lowest BCUT2D eigenvalue weighted by Crippen LogP contribution is -2.29. The number of benzene rings is 1. The Kier molecular flexibility index (Phi) is 4.16. The Hall–Kier alpha value is -1.25. The number of anilines is 1. The van der Waals surface area contributed by atoms with Gasteiger partial charge >= 0.3 is 0 Å². The van der Waals surface area contributed by atoms with E-state index >= 15 is 0 Å². The van der Waals surface area contributed by atoms with Crippen LogP contribution in [0.4, 0.5) is 5.69 Å². The van der Waals surface area contributed by atoms with Crippen molar-refractivity contribution in [3.8, 4) is 6.07 Å². The van der Waals surface area contributed by atoms with Gasteiger partial charge in [0.1, 0.15) is 0 Å². The molecule has 0 saturated heterocycles. The first-order chi connectivity index (χ1) is 7.51. The number of halogens is 1. The third-order valence-corrected chi connectivity index (χ3v) is 4.29. The molecule has 0 radical (unpaired) electrons. The molecule has 1 rings (SSSR count). The molecule has 1 aromatic carbocycles. The van der Waals surface area contributed by atoms with Gasteiger partial charge in [-0.25, -0.2) is 8.42 Å². The first-order valence-corrected chi connectivity index (χ1v) is 6.68. The Morgan fingerprint density at radius 1 is 1.38 bits per heavy atom. The van der Waals surface area contributed by atoms with E-state index in [1.165, 1.54) is 7.05 Å². The van der Waals surface area contributed by atoms with Crippen LogP contribution >= 0.6 is 11.6 Å². The Bertz CT molecular complexity index is 491. The Morgan fingerprint density at radius 3 is 2.38 bits per heavy atom. The molecule has 0 aliphatic carbocycles. The van der Waals surface area contributed by atoms with E-state index in [2.05, 4.69) is 0 Å². The second-order valence-electron chi connectivity index (χ2n) is 3.13. The van der Waals surface area contributed by atoms with Crippen LogP contribution in [0.1, 0.15) is 5.56 Å². The van der Waals surface area contributed by atoms with Gasteiger partial charge in [-0.2, -0.15) is 5.26 Å². The van der Waals surface area contributed by atoms with E-state index in [9.17, 15) is 8.42 Å². The van der Waals surface area contributed by atoms with Crippen molar-refractivity contribution in [2.45, 2.75) is 0 Å². The minimum atomic E-state index is -3.36. The van der Waals surface area contributed by atoms with Gasteiger partial charge in [0, 0.05) is 12.9 Å². The molecule has 4 nitrogen and oxygen atoms in total. The third-order valence-electron chi connectivity index (χ3n) is 2.11. The van der Waals surface area contributed by atoms with E-state index < -0.39 is 10.0 Å². The second-order valence-corrected chi connectivity index (χ2v) is 5.63. The molecule has 0 aromatic heterocycles. The molecular weight excluding hydrogens is 248 g/mol. The van der Waals surface area contributed by atoms with E-state index in [0.29, 0.717) is 11.3 Å². The smallest absolute Gasteiger partial charge is 0.236 e. The fraction of sp³-hybridized carbons (Fsp3) is 0.300. The molecule has 0 fully saturated rings. The molecule has 0 heterocycles. The lowest BCUT2D eigenvalue weighted by atomic mass is 10.2. The molecule has 0 atom stereocenters. The van der Waals surface area contributed by atoms with Gasteiger partial charge in [-0.15, -0.1) is 11.6 Å². The lowest BCUT2D eigenvalue weighted by molar-refractivity contribution is 0.596. The number of hydrogen-bond acceptors (Lipinski definition) is 3. The Balaban J connectivity index is 2.97. The number of nitrogens with zero attached hydrogens (tertiary/aromatic N) is 2. The Labute approximate surface area is 100 Å². The maximum absolute atomic E-state index is 11.7. The molecule has 6 heteroatoms. The second kappa shape index (κ2) is 5.19. The van der Waals surface area contributed by atoms with E-state index in [-0.39, 0.29) is 11.6 Å². The highest BCUT2D eigenvalue weighted by Crippen LogP contribution is 2.17. The number of hydrogen-bond donors (Lipinski definition) is 0. The maximum atomic E-state index is 11.7. The van der Waals surface area contributed by atoms with Crippen LogP contribution in [-0.4, -0.2) is 27.1 Å². The van der Waals surface area contributed by atoms with E-state index in [0.717, 1.165) is 4.31 Å². The molecule has 0 saturated carbocycles. The number of alkyl halides is 1. The predicted octanol–water partition coefficient (Wildman–Crippen LogP) is 1.56. The Morgan fingerprint density at radius 2 is 1.94 bits per heavy atom. The van der Waals surface area contributed by atoms with Crippen LogP contribution in [0.15, 0.2) is 24.3 Å². The summed E-state index contributed by atoms with van der Waals surface area (Å²) >= 11 is 5.42. The maximum Gasteiger partial charge on any atom is 0.236 e. The first kappa shape index (κ1) is 12.8. The topological polar surface area (TPSA) is 61.2 Å². The monoisotopic (exact) mass is 258 g/mol. The highest BCUT2D eigenvalue weighted by Gasteiger charge is 2.17. The predicted molar refractivity (Wildman–Crippen MR) is 64.1 cm³/mol. The van der Waals surface area contributed by atoms with Gasteiger partial charge < -0.3 is 0 Å². The highest BCUT2D eigenvalue weighted by atomic mass is 35.5. The molecule has 0 aliphatic heterocycles. The average Bonchev–Trinajstić information content (AvgIpc) is 2.28. The zero-order chi connectivity index (χ0) is 12.2. The molecule has 0 bridgehead atoms. The van der Waals surface area contributed by atoms with Gasteiger partial charge in [0.2, 0.25) is 10.0 Å². The normalized spacial score (nSPS) is 10.8. The summed E-state index contributed by atoms with van der Waals surface area (Å²) in [6, 6.07) is 8.29. The van der Waals surface area contributed by atoms with Crippen LogP contribution in [0, 0.1) is 11.3 Å². The van der Waals surface area contributed by atoms with Crippen molar-refractivity contribution in [3.63, 3.8) is 0 Å². The summed E-state index contributed by atoms with van der Waals surface area (Å²) in [4.78, 5) is 0. The summed E-state index contributed by atoms with van der Waals surface area (Å²) in [5.41, 5.74) is 1.01. The van der Waals surface area contributed by atoms with E-state index in [1.54, 1.807) is 24.3 Å². The van der Waals surface area contributed by atoms with Crippen molar-refractivity contribution >= 4 is 27.3 Å². The molecule has 0 amide bonds. The lowest BCUT2D eigenvalue weighted by Gasteiger charge is -2.18. The fourth-order valence-corrected chi connectivity index (χ4v) is 2.64. The van der Waals surface area contributed by atoms with Crippen molar-refractivity contribution in [1.82, 2.24) is 0 Å². The summed E-state index contributed by atoms with van der Waals surface area (Å²) < 4.78 is 24.5. The molecule has 0 aliphatic rings. The van der Waals surface area contributed by atoms with Gasteiger partial charge in [0.05, 0.1) is 23.1 Å². The van der Waals surface area contributed by atoms with Crippen molar-refractivity contribution in [2.24, 2.45) is 0 Å². The molecule has 0 spiro atoms. The third kappa shape index (κ3) is 2.87. The van der Waals surface area contributed by atoms with Crippen molar-refractivity contribution in [3.05, 3.63) is 29.8 Å². The number of nitriles is 1. The van der Waals surface area contributed by atoms with Crippen molar-refractivity contribution < 1.29 is 8.42 Å². The first-order valence-electron chi connectivity index (χ1n) is 4.54. The van der Waals surface area contributed by atoms with Crippen molar-refractivity contribution in [2.75, 3.05) is 23.0 Å². The largest absolute Gasteiger partial charge is 0.273 e. The minimum Gasteiger partial charge on any atom is -0.273 e. The van der Waals surface area contributed by atoms with Crippen LogP contribution in [0.3, 0.4) is 0 Å². The zero-order valence-corrected chi connectivity index (χ0v) is 10.3. The zero-order valence-electron chi connectivity index (χ0n) is 8.72. The van der Waals surface area contributed by atoms with Crippen LogP contribution in [0.25, 0.3) is 0 Å². The van der Waals surface area contributed by atoms with Gasteiger partial charge in [-0.3, -0.25) is 4.31 Å². The molecule has 86 valence electrons. The number of sulfonamides is 1. The van der Waals surface area contributed by atoms with Crippen molar-refractivity contribution in [1.29, 1.82) is 5.26 Å². The van der Waals surface area contributed by atoms with Gasteiger partial charge in [-0.1, -0.05) is 0 Å². The van der Waals surface area contributed by atoms with Crippen LogP contribution < -0.4 is 4.31 Å². The fourth-order valence-electron chi connectivity index (χ4n) is 1.14. The minimum absolute atomic E-state index is 0.0585. The average molecular weight is 259 g/mol. The molecular formula is C10H11ClN2O2S. The van der Waals surface area contributed by atoms with Gasteiger partial charge in [0.15, 0.2) is 0 Å². The quantitative estimate of drug-likeness (QED) is 0.770. The summed E-state index contributed by atoms with van der Waals surface area (Å²) in [5.74, 6) is -0.0476. The summed E-state index contributed by atoms with van der Waals surface area (Å²) in [7, 11) is -1.90. The van der Waals surface area contributed by atoms with Gasteiger partial charge in [-0.05, 0) is 24.3 Å². The standard InChI is InChI=1S/C10H11ClN2O2S/c1-13(16(14,15)7-6-11)10-4-2-9(8-12)3-5-10/h2-5H,6-7H2,1H3. The summed E-state index contributed by atoms with van der Waals surface area (Å²) in [6.07, 6.45) is 0.